The Labute approximate surface area is 64.3 Å². The molecule has 2 N–H and O–H groups in total. The van der Waals surface area contributed by atoms with Gasteiger partial charge in [0.25, 0.3) is 5.96 Å². The second kappa shape index (κ2) is 5.32. The molecule has 0 radical (unpaired) electrons. The number of nitrogens with zero attached hydrogens (tertiary/aromatic N) is 4. The summed E-state index contributed by atoms with van der Waals surface area (Å²) in [6.45, 7) is 0.249. The summed E-state index contributed by atoms with van der Waals surface area (Å²) in [6, 6.07) is 0. The number of hydrogen-bond donors (Lipinski definition) is 2. The van der Waals surface area contributed by atoms with E-state index in [4.69, 9.17) is 15.9 Å². The number of aliphatic imine (C=N–C) groups is 1. The summed E-state index contributed by atoms with van der Waals surface area (Å²) in [5.41, 5.74) is 6.59. The van der Waals surface area contributed by atoms with Gasteiger partial charge in [-0.25, -0.2) is 5.53 Å². The monoisotopic (exact) mass is 155 g/mol. The van der Waals surface area contributed by atoms with Crippen LogP contribution < -0.4 is 0 Å². The van der Waals surface area contributed by atoms with Gasteiger partial charge >= 0.3 is 0 Å². The van der Waals surface area contributed by atoms with E-state index in [1.165, 1.54) is 11.1 Å². The van der Waals surface area contributed by atoms with Gasteiger partial charge in [-0.05, 0) is 0 Å². The molecule has 0 amide bonds. The lowest BCUT2D eigenvalue weighted by molar-refractivity contribution is 0.262. The first-order valence-electron chi connectivity index (χ1n) is 2.92. The van der Waals surface area contributed by atoms with Crippen LogP contribution in [-0.4, -0.2) is 36.2 Å². The molecule has 60 valence electrons. The molecule has 11 heavy (non-hydrogen) atoms. The van der Waals surface area contributed by atoms with Crippen molar-refractivity contribution < 1.29 is 5.11 Å². The van der Waals surface area contributed by atoms with Gasteiger partial charge in [0.15, 0.2) is 0 Å². The van der Waals surface area contributed by atoms with Crippen LogP contribution in [0.4, 0.5) is 0 Å². The van der Waals surface area contributed by atoms with Crippen molar-refractivity contribution in [1.82, 2.24) is 4.90 Å². The molecule has 0 aliphatic rings. The number of hydrogen-bond acceptors (Lipinski definition) is 4. The molecule has 0 unspecified atom stereocenters. The Hall–Kier alpha value is -1.48. The predicted molar refractivity (Wildman–Crippen MR) is 37.9 cm³/mol. The molecule has 0 aromatic rings. The van der Waals surface area contributed by atoms with Crippen molar-refractivity contribution in [3.63, 3.8) is 0 Å². The molecule has 0 saturated heterocycles. The maximum Gasteiger partial charge on any atom is 0.254 e. The molecule has 6 nitrogen and oxygen atoms in total. The third-order valence-electron chi connectivity index (χ3n) is 1.03. The molecular weight excluding hydrogens is 146 g/mol. The summed E-state index contributed by atoms with van der Waals surface area (Å²) in [4.78, 5) is 4.66. The Morgan fingerprint density at radius 1 is 1.82 bits per heavy atom. The van der Waals surface area contributed by atoms with Gasteiger partial charge in [0.05, 0.1) is 6.61 Å². The highest BCUT2D eigenvalue weighted by Crippen LogP contribution is 1.88. The maximum absolute atomic E-state index is 8.47. The van der Waals surface area contributed by atoms with E-state index in [2.05, 4.69) is 10.1 Å². The van der Waals surface area contributed by atoms with Crippen molar-refractivity contribution in [3.05, 3.63) is 0 Å². The van der Waals surface area contributed by atoms with E-state index in [0.29, 0.717) is 6.54 Å². The summed E-state index contributed by atoms with van der Waals surface area (Å²) >= 11 is 0. The first kappa shape index (κ1) is 9.52. The highest BCUT2D eigenvalue weighted by molar-refractivity contribution is 5.80. The fourth-order valence-corrected chi connectivity index (χ4v) is 0.490. The minimum Gasteiger partial charge on any atom is -0.395 e. The van der Waals surface area contributed by atoms with E-state index in [-0.39, 0.29) is 12.6 Å². The zero-order chi connectivity index (χ0) is 8.69. The first-order chi connectivity index (χ1) is 5.26. The predicted octanol–water partition coefficient (Wildman–Crippen LogP) is -0.221. The van der Waals surface area contributed by atoms with Crippen molar-refractivity contribution in [1.29, 1.82) is 10.8 Å². The lowest BCUT2D eigenvalue weighted by atomic mass is 10.6. The van der Waals surface area contributed by atoms with E-state index < -0.39 is 0 Å². The van der Waals surface area contributed by atoms with Crippen LogP contribution >= 0.6 is 0 Å². The number of aliphatic hydroxyl groups is 1. The number of likely N-dealkylation sites (N-methyl/N-ethyl adjacent to an activating group) is 1. The zero-order valence-corrected chi connectivity index (χ0v) is 6.15. The summed E-state index contributed by atoms with van der Waals surface area (Å²) in [5, 5.41) is 19.6. The Balaban J connectivity index is 4.16. The Morgan fingerprint density at radius 2 is 2.45 bits per heavy atom. The van der Waals surface area contributed by atoms with Gasteiger partial charge in [0.2, 0.25) is 6.19 Å². The van der Waals surface area contributed by atoms with Crippen LogP contribution in [0.25, 0.3) is 0 Å². The Bertz CT molecular complexity index is 194. The van der Waals surface area contributed by atoms with Crippen LogP contribution in [0, 0.1) is 17.0 Å². The van der Waals surface area contributed by atoms with Gasteiger partial charge < -0.3 is 10.0 Å². The van der Waals surface area contributed by atoms with Crippen molar-refractivity contribution in [3.8, 4) is 6.19 Å². The van der Waals surface area contributed by atoms with E-state index >= 15 is 0 Å². The molecule has 0 saturated carbocycles. The summed E-state index contributed by atoms with van der Waals surface area (Å²) in [5.74, 6) is 0.00144. The van der Waals surface area contributed by atoms with Crippen LogP contribution in [0.1, 0.15) is 0 Å². The number of aliphatic hydroxyl groups excluding tert-OH is 1. The molecule has 0 heterocycles. The van der Waals surface area contributed by atoms with Gasteiger partial charge in [-0.2, -0.15) is 5.26 Å². The molecule has 0 bridgehead atoms. The molecule has 0 aromatic carbocycles. The average molecular weight is 155 g/mol. The molecule has 0 aliphatic carbocycles. The normalized spacial score (nSPS) is 10.5. The Kier molecular flexibility index (Phi) is 4.60. The SMILES string of the molecule is CN(CCO)C(N=N)=NC#N. The van der Waals surface area contributed by atoms with Crippen LogP contribution in [0.3, 0.4) is 0 Å². The minimum absolute atomic E-state index is 0.00144. The number of nitriles is 1. The molecule has 0 atom stereocenters. The highest BCUT2D eigenvalue weighted by atomic mass is 16.3. The van der Waals surface area contributed by atoms with Gasteiger partial charge in [-0.15, -0.1) is 10.1 Å². The number of nitrogens with one attached hydrogen (secondary N) is 1. The molecule has 0 rings (SSSR count). The lowest BCUT2D eigenvalue weighted by Gasteiger charge is -2.13. The standard InChI is InChI=1S/C5H9N5O/c1-10(2-3-11)5(9-7)8-4-6/h7,11H,2-3H2,1H3. The second-order valence-electron chi connectivity index (χ2n) is 1.77. The van der Waals surface area contributed by atoms with Crippen molar-refractivity contribution in [2.45, 2.75) is 0 Å². The number of rotatable bonds is 2. The van der Waals surface area contributed by atoms with Crippen LogP contribution in [0.15, 0.2) is 10.1 Å². The van der Waals surface area contributed by atoms with Crippen molar-refractivity contribution in [2.24, 2.45) is 10.1 Å². The van der Waals surface area contributed by atoms with Crippen LogP contribution in [0.2, 0.25) is 0 Å². The lowest BCUT2D eigenvalue weighted by Crippen LogP contribution is -2.27. The molecule has 0 spiro atoms. The van der Waals surface area contributed by atoms with Gasteiger partial charge in [0, 0.05) is 13.6 Å². The summed E-state index contributed by atoms with van der Waals surface area (Å²) in [7, 11) is 1.59. The van der Waals surface area contributed by atoms with E-state index in [0.717, 1.165) is 0 Å². The van der Waals surface area contributed by atoms with Crippen molar-refractivity contribution in [2.75, 3.05) is 20.2 Å². The van der Waals surface area contributed by atoms with E-state index in [1.54, 1.807) is 7.05 Å². The largest absolute Gasteiger partial charge is 0.395 e. The zero-order valence-electron chi connectivity index (χ0n) is 6.15. The average Bonchev–Trinajstić information content (AvgIpc) is 2.00. The minimum atomic E-state index is -0.0591. The smallest absolute Gasteiger partial charge is 0.254 e. The first-order valence-corrected chi connectivity index (χ1v) is 2.92. The molecule has 0 aromatic heterocycles. The van der Waals surface area contributed by atoms with Crippen molar-refractivity contribution >= 4 is 5.96 Å². The number of guanidine groups is 1. The fraction of sp³-hybridized carbons (Fsp3) is 0.600. The summed E-state index contributed by atoms with van der Waals surface area (Å²) in [6.07, 6.45) is 1.51. The third-order valence-corrected chi connectivity index (χ3v) is 1.03. The molecule has 6 heteroatoms. The van der Waals surface area contributed by atoms with E-state index in [1.807, 2.05) is 0 Å². The van der Waals surface area contributed by atoms with Gasteiger partial charge in [-0.3, -0.25) is 0 Å². The molecule has 0 fully saturated rings. The summed E-state index contributed by atoms with van der Waals surface area (Å²) < 4.78 is 0. The third kappa shape index (κ3) is 3.27. The van der Waals surface area contributed by atoms with E-state index in [9.17, 15) is 0 Å². The van der Waals surface area contributed by atoms with Crippen LogP contribution in [0.5, 0.6) is 0 Å². The van der Waals surface area contributed by atoms with Gasteiger partial charge in [-0.1, -0.05) is 0 Å². The second-order valence-corrected chi connectivity index (χ2v) is 1.77. The van der Waals surface area contributed by atoms with Crippen LogP contribution in [-0.2, 0) is 0 Å². The fourth-order valence-electron chi connectivity index (χ4n) is 0.490. The molecular formula is C5H9N5O. The quantitative estimate of drug-likeness (QED) is 0.249. The van der Waals surface area contributed by atoms with Gasteiger partial charge in [0.1, 0.15) is 0 Å². The topological polar surface area (TPSA) is 95.8 Å². The Morgan fingerprint density at radius 3 is 2.82 bits per heavy atom. The highest BCUT2D eigenvalue weighted by Gasteiger charge is 2.02. The molecule has 0 aliphatic heterocycles. The maximum atomic E-state index is 8.47.